The molecule has 0 amide bonds. The van der Waals surface area contributed by atoms with Gasteiger partial charge in [-0.05, 0) is 30.7 Å². The van der Waals surface area contributed by atoms with Crippen molar-refractivity contribution < 1.29 is 13.2 Å². The minimum Gasteiger partial charge on any atom is -0.289 e. The van der Waals surface area contributed by atoms with Crippen LogP contribution in [0.25, 0.3) is 0 Å². The number of benzene rings is 1. The van der Waals surface area contributed by atoms with Crippen molar-refractivity contribution in [3.05, 3.63) is 29.6 Å². The second kappa shape index (κ2) is 3.64. The molecule has 0 bridgehead atoms. The Bertz CT molecular complexity index is 316. The molecule has 0 aliphatic rings. The van der Waals surface area contributed by atoms with Crippen LogP contribution in [0.1, 0.15) is 5.56 Å². The highest BCUT2D eigenvalue weighted by molar-refractivity contribution is 7.80. The predicted molar refractivity (Wildman–Crippen MR) is 45.5 cm³/mol. The highest BCUT2D eigenvalue weighted by Gasteiger charge is 2.00. The van der Waals surface area contributed by atoms with E-state index in [1.165, 1.54) is 18.2 Å². The Morgan fingerprint density at radius 1 is 1.58 bits per heavy atom. The molecule has 0 aliphatic heterocycles. The van der Waals surface area contributed by atoms with Crippen LogP contribution in [0.5, 0.6) is 0 Å². The zero-order valence-corrected chi connectivity index (χ0v) is 7.19. The first-order chi connectivity index (χ1) is 5.59. The van der Waals surface area contributed by atoms with Crippen LogP contribution >= 0.6 is 0 Å². The Balaban J connectivity index is 2.93. The van der Waals surface area contributed by atoms with Crippen molar-refractivity contribution >= 4 is 17.0 Å². The summed E-state index contributed by atoms with van der Waals surface area (Å²) in [5, 5.41) is 0. The van der Waals surface area contributed by atoms with Crippen molar-refractivity contribution in [2.45, 2.75) is 6.92 Å². The Kier molecular flexibility index (Phi) is 2.78. The van der Waals surface area contributed by atoms with Crippen LogP contribution in [0.3, 0.4) is 0 Å². The number of hydrogen-bond acceptors (Lipinski definition) is 1. The van der Waals surface area contributed by atoms with E-state index in [4.69, 9.17) is 4.55 Å². The predicted octanol–water partition coefficient (Wildman–Crippen LogP) is 1.68. The largest absolute Gasteiger partial charge is 0.289 e. The summed E-state index contributed by atoms with van der Waals surface area (Å²) in [5.74, 6) is -0.359. The van der Waals surface area contributed by atoms with Crippen molar-refractivity contribution in [2.75, 3.05) is 4.72 Å². The summed E-state index contributed by atoms with van der Waals surface area (Å²) in [7, 11) is 0. The average Bonchev–Trinajstić information content (AvgIpc) is 1.94. The molecule has 0 saturated carbocycles. The van der Waals surface area contributed by atoms with Gasteiger partial charge in [-0.2, -0.15) is 0 Å². The standard InChI is InChI=1S/C7H8FNO2S/c1-5-4-6(8)2-3-7(5)9-12(10)11/h2-4,9H,1H3,(H,10,11). The van der Waals surface area contributed by atoms with Gasteiger partial charge in [-0.15, -0.1) is 0 Å². The molecule has 0 fully saturated rings. The van der Waals surface area contributed by atoms with Gasteiger partial charge in [0.15, 0.2) is 0 Å². The van der Waals surface area contributed by atoms with E-state index in [1.807, 2.05) is 0 Å². The fourth-order valence-corrected chi connectivity index (χ4v) is 1.25. The van der Waals surface area contributed by atoms with Gasteiger partial charge in [-0.3, -0.25) is 9.27 Å². The maximum atomic E-state index is 12.5. The molecular formula is C7H8FNO2S. The third-order valence-electron chi connectivity index (χ3n) is 1.39. The van der Waals surface area contributed by atoms with Gasteiger partial charge in [-0.25, -0.2) is 8.60 Å². The third-order valence-corrected chi connectivity index (χ3v) is 1.78. The normalized spacial score (nSPS) is 12.6. The number of halogens is 1. The second-order valence-corrected chi connectivity index (χ2v) is 3.01. The van der Waals surface area contributed by atoms with E-state index in [0.717, 1.165) is 0 Å². The number of anilines is 1. The molecule has 0 aromatic heterocycles. The van der Waals surface area contributed by atoms with Gasteiger partial charge < -0.3 is 0 Å². The van der Waals surface area contributed by atoms with E-state index in [0.29, 0.717) is 11.3 Å². The number of hydrogen-bond donors (Lipinski definition) is 2. The number of nitrogens with one attached hydrogen (secondary N) is 1. The zero-order valence-electron chi connectivity index (χ0n) is 6.37. The van der Waals surface area contributed by atoms with Gasteiger partial charge in [0.25, 0.3) is 11.3 Å². The summed E-state index contributed by atoms with van der Waals surface area (Å²) in [6.45, 7) is 1.65. The summed E-state index contributed by atoms with van der Waals surface area (Å²) in [6.07, 6.45) is 0. The van der Waals surface area contributed by atoms with Crippen LogP contribution in [-0.2, 0) is 11.3 Å². The number of rotatable bonds is 2. The van der Waals surface area contributed by atoms with Crippen LogP contribution in [0.2, 0.25) is 0 Å². The Morgan fingerprint density at radius 2 is 2.25 bits per heavy atom. The van der Waals surface area contributed by atoms with Gasteiger partial charge in [-0.1, -0.05) is 0 Å². The first-order valence-electron chi connectivity index (χ1n) is 3.23. The molecule has 0 heterocycles. The Hall–Kier alpha value is -0.940. The molecule has 1 aromatic carbocycles. The quantitative estimate of drug-likeness (QED) is 0.695. The Labute approximate surface area is 72.0 Å². The molecular weight excluding hydrogens is 181 g/mol. The zero-order chi connectivity index (χ0) is 9.14. The molecule has 5 heteroatoms. The number of aryl methyl sites for hydroxylation is 1. The SMILES string of the molecule is Cc1cc(F)ccc1NS(=O)O. The highest BCUT2D eigenvalue weighted by atomic mass is 32.2. The van der Waals surface area contributed by atoms with Gasteiger partial charge in [0, 0.05) is 0 Å². The first-order valence-corrected chi connectivity index (χ1v) is 4.34. The van der Waals surface area contributed by atoms with Crippen molar-refractivity contribution in [1.82, 2.24) is 0 Å². The van der Waals surface area contributed by atoms with E-state index in [-0.39, 0.29) is 5.82 Å². The molecule has 3 nitrogen and oxygen atoms in total. The van der Waals surface area contributed by atoms with Crippen LogP contribution in [0, 0.1) is 12.7 Å². The molecule has 66 valence electrons. The lowest BCUT2D eigenvalue weighted by atomic mass is 10.2. The van der Waals surface area contributed by atoms with E-state index in [9.17, 15) is 8.60 Å². The molecule has 1 unspecified atom stereocenters. The smallest absolute Gasteiger partial charge is 0.259 e. The average molecular weight is 189 g/mol. The fraction of sp³-hybridized carbons (Fsp3) is 0.143. The first kappa shape index (κ1) is 9.15. The lowest BCUT2D eigenvalue weighted by Gasteiger charge is -2.04. The maximum Gasteiger partial charge on any atom is 0.259 e. The monoisotopic (exact) mass is 189 g/mol. The summed E-state index contributed by atoms with van der Waals surface area (Å²) >= 11 is -2.11. The van der Waals surface area contributed by atoms with Gasteiger partial charge in [0.2, 0.25) is 0 Å². The summed E-state index contributed by atoms with van der Waals surface area (Å²) in [4.78, 5) is 0. The van der Waals surface area contributed by atoms with Crippen LogP contribution in [-0.4, -0.2) is 8.76 Å². The summed E-state index contributed by atoms with van der Waals surface area (Å²) < 4.78 is 33.6. The third kappa shape index (κ3) is 2.28. The second-order valence-electron chi connectivity index (χ2n) is 2.31. The lowest BCUT2D eigenvalue weighted by Crippen LogP contribution is -2.03. The van der Waals surface area contributed by atoms with E-state index in [1.54, 1.807) is 6.92 Å². The van der Waals surface area contributed by atoms with Crippen molar-refractivity contribution in [2.24, 2.45) is 0 Å². The molecule has 12 heavy (non-hydrogen) atoms. The van der Waals surface area contributed by atoms with Gasteiger partial charge in [0.1, 0.15) is 5.82 Å². The summed E-state index contributed by atoms with van der Waals surface area (Å²) in [6, 6.07) is 3.93. The van der Waals surface area contributed by atoms with Crippen molar-refractivity contribution in [1.29, 1.82) is 0 Å². The van der Waals surface area contributed by atoms with E-state index < -0.39 is 11.3 Å². The molecule has 2 N–H and O–H groups in total. The van der Waals surface area contributed by atoms with Crippen molar-refractivity contribution in [3.8, 4) is 0 Å². The fourth-order valence-electron chi connectivity index (χ4n) is 0.836. The minimum absolute atomic E-state index is 0.359. The van der Waals surface area contributed by atoms with Crippen LogP contribution in [0.15, 0.2) is 18.2 Å². The minimum atomic E-state index is -2.11. The molecule has 0 radical (unpaired) electrons. The van der Waals surface area contributed by atoms with Crippen molar-refractivity contribution in [3.63, 3.8) is 0 Å². The van der Waals surface area contributed by atoms with Gasteiger partial charge in [0.05, 0.1) is 5.69 Å². The molecule has 0 spiro atoms. The van der Waals surface area contributed by atoms with Crippen LogP contribution in [0.4, 0.5) is 10.1 Å². The molecule has 0 saturated heterocycles. The van der Waals surface area contributed by atoms with Gasteiger partial charge >= 0.3 is 0 Å². The molecule has 1 rings (SSSR count). The topological polar surface area (TPSA) is 49.3 Å². The highest BCUT2D eigenvalue weighted by Crippen LogP contribution is 2.15. The Morgan fingerprint density at radius 3 is 2.75 bits per heavy atom. The van der Waals surface area contributed by atoms with E-state index in [2.05, 4.69) is 4.72 Å². The molecule has 0 aliphatic carbocycles. The molecule has 1 aromatic rings. The summed E-state index contributed by atoms with van der Waals surface area (Å²) in [5.41, 5.74) is 1.05. The lowest BCUT2D eigenvalue weighted by molar-refractivity contribution is 0.570. The van der Waals surface area contributed by atoms with Crippen LogP contribution < -0.4 is 4.72 Å². The van der Waals surface area contributed by atoms with E-state index >= 15 is 0 Å². The molecule has 1 atom stereocenters. The maximum absolute atomic E-state index is 12.5.